The molecule has 0 amide bonds. The summed E-state index contributed by atoms with van der Waals surface area (Å²) in [5.74, 6) is 0. The molecule has 0 saturated heterocycles. The maximum absolute atomic E-state index is 0. The molecule has 0 aliphatic rings. The van der Waals surface area contributed by atoms with E-state index < -0.39 is 0 Å². The number of rotatable bonds is 0. The monoisotopic (exact) mass is 168 g/mol. The van der Waals surface area contributed by atoms with Crippen molar-refractivity contribution in [3.8, 4) is 0 Å². The average molecular weight is 169 g/mol. The zero-order chi connectivity index (χ0) is 0. The van der Waals surface area contributed by atoms with Crippen LogP contribution in [-0.4, -0.2) is 71.8 Å². The van der Waals surface area contributed by atoms with E-state index in [-0.39, 0.29) is 95.2 Å². The molecule has 0 aliphatic carbocycles. The zero-order valence-electron chi connectivity index (χ0n) is 1.21. The summed E-state index contributed by atoms with van der Waals surface area (Å²) in [4.78, 5) is 0. The van der Waals surface area contributed by atoms with Crippen molar-refractivity contribution in [1.29, 1.82) is 0 Å². The fraction of sp³-hybridized carbons (Fsp3) is 0. The van der Waals surface area contributed by atoms with Gasteiger partial charge in [0.25, 0.3) is 0 Å². The summed E-state index contributed by atoms with van der Waals surface area (Å²) in [5.41, 5.74) is 0. The van der Waals surface area contributed by atoms with Crippen LogP contribution < -0.4 is 0 Å². The first-order valence-electron chi connectivity index (χ1n) is 0. The molecule has 1 unspecified atom stereocenters. The van der Waals surface area contributed by atoms with Crippen LogP contribution in [0.1, 0.15) is 0 Å². The summed E-state index contributed by atoms with van der Waals surface area (Å²) in [5, 5.41) is 0. The standard InChI is InChI=1S/Ca.Mg.H3P.H2S.H4Si.4H/h;;1H3;1H2;1H4;;;;. The van der Waals surface area contributed by atoms with Gasteiger partial charge in [0.2, 0.25) is 0 Å². The van der Waals surface area contributed by atoms with Crippen molar-refractivity contribution in [3.05, 3.63) is 0 Å². The van der Waals surface area contributed by atoms with Crippen molar-refractivity contribution in [3.63, 3.8) is 0 Å². The molecule has 5 heavy (non-hydrogen) atoms. The molecular weight excluding hydrogens is 156 g/mol. The van der Waals surface area contributed by atoms with Crippen molar-refractivity contribution in [2.75, 3.05) is 0 Å². The van der Waals surface area contributed by atoms with Gasteiger partial charge in [-0.1, -0.05) is 0 Å². The van der Waals surface area contributed by atoms with E-state index in [1.54, 1.807) is 0 Å². The molecule has 0 radical (unpaired) electrons. The topological polar surface area (TPSA) is 0 Å². The van der Waals surface area contributed by atoms with E-state index in [9.17, 15) is 0 Å². The van der Waals surface area contributed by atoms with Crippen LogP contribution in [0.25, 0.3) is 0 Å². The van der Waals surface area contributed by atoms with Crippen LogP contribution >= 0.6 is 23.4 Å². The largest absolute Gasteiger partial charge is 0.316 e. The predicted octanol–water partition coefficient (Wildman–Crippen LogP) is -3.11. The van der Waals surface area contributed by atoms with Gasteiger partial charge >= 0.3 is 60.8 Å². The first-order valence-corrected chi connectivity index (χ1v) is 0. The Kier molecular flexibility index (Phi) is 241. The third-order valence-electron chi connectivity index (χ3n) is 0. The molecule has 0 heterocycles. The molecule has 0 fully saturated rings. The Morgan fingerprint density at radius 1 is 1.00 bits per heavy atom. The minimum absolute atomic E-state index is 0. The van der Waals surface area contributed by atoms with E-state index in [0.717, 1.165) is 0 Å². The smallest absolute Gasteiger partial charge is 0.0149 e. The molecule has 1 atom stereocenters. The molecule has 32 valence electrons. The Balaban J connectivity index is 0. The van der Waals surface area contributed by atoms with Crippen LogP contribution in [0.15, 0.2) is 0 Å². The second-order valence-corrected chi connectivity index (χ2v) is 0. The summed E-state index contributed by atoms with van der Waals surface area (Å²) in [6.07, 6.45) is 0. The van der Waals surface area contributed by atoms with Crippen LogP contribution in [0, 0.1) is 0 Å². The molecule has 0 spiro atoms. The van der Waals surface area contributed by atoms with Crippen LogP contribution in [0.3, 0.4) is 0 Å². The van der Waals surface area contributed by atoms with E-state index in [0.29, 0.717) is 0 Å². The molecule has 0 aromatic carbocycles. The number of hydrogen-bond donors (Lipinski definition) is 0. The molecular formula is H13CaMgPSSi. The van der Waals surface area contributed by atoms with Gasteiger partial charge in [0.15, 0.2) is 0 Å². The van der Waals surface area contributed by atoms with Crippen LogP contribution in [-0.2, 0) is 0 Å². The molecule has 0 aromatic heterocycles. The predicted molar refractivity (Wildman–Crippen MR) is 49.9 cm³/mol. The second kappa shape index (κ2) is 27.9. The van der Waals surface area contributed by atoms with Crippen molar-refractivity contribution in [2.45, 2.75) is 0 Å². The molecule has 0 rings (SSSR count). The van der Waals surface area contributed by atoms with Crippen molar-refractivity contribution < 1.29 is 0 Å². The Hall–Kier alpha value is 3.02. The van der Waals surface area contributed by atoms with E-state index >= 15 is 0 Å². The second-order valence-electron chi connectivity index (χ2n) is 0. The maximum atomic E-state index is 0. The number of hydrogen-bond acceptors (Lipinski definition) is 0. The van der Waals surface area contributed by atoms with Crippen molar-refractivity contribution in [1.82, 2.24) is 0 Å². The van der Waals surface area contributed by atoms with Crippen molar-refractivity contribution in [2.24, 2.45) is 0 Å². The van der Waals surface area contributed by atoms with E-state index in [1.807, 2.05) is 0 Å². The Morgan fingerprint density at radius 3 is 1.00 bits per heavy atom. The normalized spacial score (nSPS) is 0. The fourth-order valence-corrected chi connectivity index (χ4v) is 0. The molecule has 0 N–H and O–H groups in total. The average Bonchev–Trinajstić information content (AvgIpc) is 0. The van der Waals surface area contributed by atoms with Gasteiger partial charge in [-0.2, -0.15) is 23.4 Å². The summed E-state index contributed by atoms with van der Waals surface area (Å²) < 4.78 is 0. The Morgan fingerprint density at radius 2 is 1.00 bits per heavy atom. The summed E-state index contributed by atoms with van der Waals surface area (Å²) >= 11 is 0. The van der Waals surface area contributed by atoms with Gasteiger partial charge in [0, 0.05) is 0 Å². The Labute approximate surface area is 93.5 Å². The van der Waals surface area contributed by atoms with Crippen molar-refractivity contribution >= 4 is 95.2 Å². The molecule has 0 saturated carbocycles. The zero-order valence-corrected chi connectivity index (χ0v) is 3.62. The SMILES string of the molecule is P.S.[CaH2].[MgH2].[SiH4]. The van der Waals surface area contributed by atoms with Gasteiger partial charge in [-0.15, -0.1) is 0 Å². The van der Waals surface area contributed by atoms with Gasteiger partial charge in [0.1, 0.15) is 0 Å². The Bertz CT molecular complexity index is 11.6. The third-order valence-corrected chi connectivity index (χ3v) is 0. The van der Waals surface area contributed by atoms with Crippen LogP contribution in [0.5, 0.6) is 0 Å². The minimum Gasteiger partial charge on any atom is -0.0149 e. The third kappa shape index (κ3) is 19.4. The van der Waals surface area contributed by atoms with Gasteiger partial charge in [-0.3, -0.25) is 0 Å². The van der Waals surface area contributed by atoms with Gasteiger partial charge < -0.3 is 0 Å². The summed E-state index contributed by atoms with van der Waals surface area (Å²) in [7, 11) is 0. The van der Waals surface area contributed by atoms with E-state index in [1.165, 1.54) is 0 Å². The molecule has 0 aliphatic heterocycles. The quantitative estimate of drug-likeness (QED) is 0.265. The fourth-order valence-electron chi connectivity index (χ4n) is 0. The minimum atomic E-state index is 0. The first-order chi connectivity index (χ1) is 0. The first kappa shape index (κ1) is 43.3. The molecule has 0 aromatic rings. The van der Waals surface area contributed by atoms with Crippen LogP contribution in [0.2, 0.25) is 0 Å². The molecule has 0 nitrogen and oxygen atoms in total. The maximum Gasteiger partial charge on any atom is 0.316 e. The van der Waals surface area contributed by atoms with Gasteiger partial charge in [0.05, 0.1) is 0 Å². The van der Waals surface area contributed by atoms with E-state index in [4.69, 9.17) is 0 Å². The molecule has 5 heteroatoms. The van der Waals surface area contributed by atoms with E-state index in [2.05, 4.69) is 0 Å². The van der Waals surface area contributed by atoms with Crippen LogP contribution in [0.4, 0.5) is 0 Å². The summed E-state index contributed by atoms with van der Waals surface area (Å²) in [6.45, 7) is 0. The summed E-state index contributed by atoms with van der Waals surface area (Å²) in [6, 6.07) is 0. The van der Waals surface area contributed by atoms with Gasteiger partial charge in [-0.25, -0.2) is 0 Å². The molecule has 0 bridgehead atoms. The van der Waals surface area contributed by atoms with Gasteiger partial charge in [-0.05, 0) is 11.0 Å².